The van der Waals surface area contributed by atoms with E-state index in [0.717, 1.165) is 18.5 Å². The highest BCUT2D eigenvalue weighted by molar-refractivity contribution is 7.84. The molecule has 0 heterocycles. The van der Waals surface area contributed by atoms with Gasteiger partial charge in [0.2, 0.25) is 0 Å². The Kier molecular flexibility index (Phi) is 6.37. The van der Waals surface area contributed by atoms with E-state index in [1.54, 1.807) is 12.1 Å². The molecule has 0 radical (unpaired) electrons. The average Bonchev–Trinajstić information content (AvgIpc) is 2.32. The highest BCUT2D eigenvalue weighted by atomic mass is 32.2. The predicted octanol–water partition coefficient (Wildman–Crippen LogP) is 2.11. The third-order valence-electron chi connectivity index (χ3n) is 2.60. The van der Waals surface area contributed by atoms with Gasteiger partial charge in [0.25, 0.3) is 0 Å². The number of nitrogens with one attached hydrogen (secondary N) is 1. The molecule has 0 amide bonds. The fourth-order valence-electron chi connectivity index (χ4n) is 1.61. The van der Waals surface area contributed by atoms with Crippen molar-refractivity contribution in [3.05, 3.63) is 35.6 Å². The fourth-order valence-corrected chi connectivity index (χ4v) is 2.24. The summed E-state index contributed by atoms with van der Waals surface area (Å²) in [6.45, 7) is 4.78. The third-order valence-corrected chi connectivity index (χ3v) is 3.90. The average molecular weight is 257 g/mol. The molecular formula is C13H20FNOS. The second kappa shape index (κ2) is 7.56. The lowest BCUT2D eigenvalue weighted by Gasteiger charge is -2.13. The summed E-state index contributed by atoms with van der Waals surface area (Å²) in [5.41, 5.74) is 1.11. The maximum Gasteiger partial charge on any atom is 0.123 e. The molecule has 0 aromatic heterocycles. The lowest BCUT2D eigenvalue weighted by Crippen LogP contribution is -2.31. The van der Waals surface area contributed by atoms with Gasteiger partial charge in [0.15, 0.2) is 0 Å². The smallest absolute Gasteiger partial charge is 0.123 e. The number of benzene rings is 1. The maximum atomic E-state index is 12.7. The van der Waals surface area contributed by atoms with E-state index in [4.69, 9.17) is 0 Å². The predicted molar refractivity (Wildman–Crippen MR) is 71.1 cm³/mol. The molecule has 1 N–H and O–H groups in total. The normalized spacial score (nSPS) is 14.5. The van der Waals surface area contributed by atoms with Crippen molar-refractivity contribution in [1.29, 1.82) is 0 Å². The second-order valence-corrected chi connectivity index (χ2v) is 5.98. The Labute approximate surface area is 105 Å². The van der Waals surface area contributed by atoms with Crippen LogP contribution < -0.4 is 5.32 Å². The number of rotatable bonds is 7. The van der Waals surface area contributed by atoms with Crippen LogP contribution in [-0.4, -0.2) is 28.3 Å². The van der Waals surface area contributed by atoms with E-state index < -0.39 is 10.8 Å². The van der Waals surface area contributed by atoms with Gasteiger partial charge in [0.1, 0.15) is 5.82 Å². The van der Waals surface area contributed by atoms with Gasteiger partial charge in [0, 0.05) is 34.9 Å². The lowest BCUT2D eigenvalue weighted by molar-refractivity contribution is 0.563. The second-order valence-electron chi connectivity index (χ2n) is 4.12. The van der Waals surface area contributed by atoms with Crippen LogP contribution in [0.25, 0.3) is 0 Å². The first kappa shape index (κ1) is 14.3. The van der Waals surface area contributed by atoms with Crippen LogP contribution in [0.1, 0.15) is 19.4 Å². The molecule has 0 saturated heterocycles. The molecule has 2 nitrogen and oxygen atoms in total. The van der Waals surface area contributed by atoms with E-state index in [-0.39, 0.29) is 5.82 Å². The van der Waals surface area contributed by atoms with Crippen LogP contribution in [0.5, 0.6) is 0 Å². The molecule has 0 saturated carbocycles. The van der Waals surface area contributed by atoms with Gasteiger partial charge in [-0.15, -0.1) is 0 Å². The molecule has 1 aromatic carbocycles. The summed E-state index contributed by atoms with van der Waals surface area (Å²) in [6.07, 6.45) is 0.860. The van der Waals surface area contributed by atoms with Crippen molar-refractivity contribution in [2.75, 3.05) is 18.1 Å². The molecule has 2 atom stereocenters. The number of halogens is 1. The third kappa shape index (κ3) is 5.94. The Hall–Kier alpha value is -0.740. The molecule has 96 valence electrons. The topological polar surface area (TPSA) is 29.1 Å². The highest BCUT2D eigenvalue weighted by Crippen LogP contribution is 2.05. The summed E-state index contributed by atoms with van der Waals surface area (Å²) in [6, 6.07) is 6.88. The molecule has 0 fully saturated rings. The molecule has 0 bridgehead atoms. The van der Waals surface area contributed by atoms with Gasteiger partial charge in [-0.05, 0) is 31.0 Å². The molecule has 0 spiro atoms. The first-order valence-corrected chi connectivity index (χ1v) is 7.43. The molecule has 0 aliphatic rings. The van der Waals surface area contributed by atoms with E-state index >= 15 is 0 Å². The monoisotopic (exact) mass is 257 g/mol. The largest absolute Gasteiger partial charge is 0.313 e. The van der Waals surface area contributed by atoms with Crippen molar-refractivity contribution in [2.24, 2.45) is 0 Å². The first-order chi connectivity index (χ1) is 8.11. The Morgan fingerprint density at radius 2 is 2.00 bits per heavy atom. The minimum absolute atomic E-state index is 0.201. The standard InChI is InChI=1S/C13H20FNOS/c1-3-17(16)9-8-15-11(2)10-12-4-6-13(14)7-5-12/h4-7,11,15H,3,8-10H2,1-2H3. The van der Waals surface area contributed by atoms with Crippen LogP contribution >= 0.6 is 0 Å². The minimum Gasteiger partial charge on any atom is -0.313 e. The summed E-state index contributed by atoms with van der Waals surface area (Å²) < 4.78 is 23.9. The molecule has 2 unspecified atom stereocenters. The van der Waals surface area contributed by atoms with Gasteiger partial charge in [0.05, 0.1) is 0 Å². The van der Waals surface area contributed by atoms with Gasteiger partial charge in [-0.1, -0.05) is 19.1 Å². The summed E-state index contributed by atoms with van der Waals surface area (Å²) in [4.78, 5) is 0. The van der Waals surface area contributed by atoms with Crippen molar-refractivity contribution in [1.82, 2.24) is 5.32 Å². The summed E-state index contributed by atoms with van der Waals surface area (Å²) >= 11 is 0. The Bertz CT molecular complexity index is 353. The van der Waals surface area contributed by atoms with Crippen molar-refractivity contribution in [3.8, 4) is 0 Å². The van der Waals surface area contributed by atoms with Crippen LogP contribution in [0.15, 0.2) is 24.3 Å². The molecular weight excluding hydrogens is 237 g/mol. The van der Waals surface area contributed by atoms with Gasteiger partial charge < -0.3 is 5.32 Å². The van der Waals surface area contributed by atoms with E-state index in [2.05, 4.69) is 12.2 Å². The fraction of sp³-hybridized carbons (Fsp3) is 0.538. The Balaban J connectivity index is 2.27. The van der Waals surface area contributed by atoms with E-state index in [1.807, 2.05) is 6.92 Å². The molecule has 17 heavy (non-hydrogen) atoms. The quantitative estimate of drug-likeness (QED) is 0.810. The van der Waals surface area contributed by atoms with Crippen LogP contribution in [0.2, 0.25) is 0 Å². The zero-order valence-electron chi connectivity index (χ0n) is 10.4. The van der Waals surface area contributed by atoms with Crippen LogP contribution in [0, 0.1) is 5.82 Å². The van der Waals surface area contributed by atoms with E-state index in [0.29, 0.717) is 17.5 Å². The minimum atomic E-state index is -0.705. The van der Waals surface area contributed by atoms with Gasteiger partial charge in [-0.2, -0.15) is 0 Å². The maximum absolute atomic E-state index is 12.7. The zero-order chi connectivity index (χ0) is 12.7. The summed E-state index contributed by atoms with van der Waals surface area (Å²) in [5, 5.41) is 3.32. The van der Waals surface area contributed by atoms with E-state index in [9.17, 15) is 8.60 Å². The van der Waals surface area contributed by atoms with Crippen molar-refractivity contribution < 1.29 is 8.60 Å². The molecule has 0 aliphatic carbocycles. The number of hydrogen-bond acceptors (Lipinski definition) is 2. The van der Waals surface area contributed by atoms with Gasteiger partial charge in [-0.3, -0.25) is 4.21 Å². The van der Waals surface area contributed by atoms with Crippen molar-refractivity contribution in [2.45, 2.75) is 26.3 Å². The van der Waals surface area contributed by atoms with Crippen LogP contribution in [0.4, 0.5) is 4.39 Å². The van der Waals surface area contributed by atoms with Crippen molar-refractivity contribution >= 4 is 10.8 Å². The highest BCUT2D eigenvalue weighted by Gasteiger charge is 2.04. The van der Waals surface area contributed by atoms with Crippen LogP contribution in [-0.2, 0) is 17.2 Å². The SMILES string of the molecule is CCS(=O)CCNC(C)Cc1ccc(F)cc1. The summed E-state index contributed by atoms with van der Waals surface area (Å²) in [7, 11) is -0.705. The first-order valence-electron chi connectivity index (χ1n) is 5.94. The molecule has 1 rings (SSSR count). The van der Waals surface area contributed by atoms with Crippen LogP contribution in [0.3, 0.4) is 0 Å². The molecule has 4 heteroatoms. The van der Waals surface area contributed by atoms with Crippen molar-refractivity contribution in [3.63, 3.8) is 0 Å². The molecule has 0 aliphatic heterocycles. The summed E-state index contributed by atoms with van der Waals surface area (Å²) in [5.74, 6) is 1.21. The van der Waals surface area contributed by atoms with Gasteiger partial charge in [-0.25, -0.2) is 4.39 Å². The number of hydrogen-bond donors (Lipinski definition) is 1. The lowest BCUT2D eigenvalue weighted by atomic mass is 10.1. The van der Waals surface area contributed by atoms with E-state index in [1.165, 1.54) is 12.1 Å². The Morgan fingerprint density at radius 1 is 1.35 bits per heavy atom. The Morgan fingerprint density at radius 3 is 2.59 bits per heavy atom. The molecule has 1 aromatic rings. The zero-order valence-corrected chi connectivity index (χ0v) is 11.2. The van der Waals surface area contributed by atoms with Gasteiger partial charge >= 0.3 is 0 Å².